The molecule has 0 radical (unpaired) electrons. The van der Waals surface area contributed by atoms with E-state index in [0.29, 0.717) is 17.7 Å². The minimum absolute atomic E-state index is 0.241. The number of phenols is 1. The van der Waals surface area contributed by atoms with E-state index in [9.17, 15) is 5.11 Å². The van der Waals surface area contributed by atoms with Gasteiger partial charge >= 0.3 is 0 Å². The SMILES string of the molecule is CCC(NC(C)CC(C)C)c1ccccc1O. The number of phenolic OH excluding ortho intramolecular Hbond substituents is 1. The van der Waals surface area contributed by atoms with Crippen molar-refractivity contribution in [1.82, 2.24) is 5.32 Å². The van der Waals surface area contributed by atoms with E-state index in [0.717, 1.165) is 18.4 Å². The van der Waals surface area contributed by atoms with Gasteiger partial charge in [0.15, 0.2) is 0 Å². The summed E-state index contributed by atoms with van der Waals surface area (Å²) in [7, 11) is 0. The Morgan fingerprint density at radius 1 is 1.18 bits per heavy atom. The van der Waals surface area contributed by atoms with Crippen molar-refractivity contribution in [2.24, 2.45) is 5.92 Å². The van der Waals surface area contributed by atoms with Crippen molar-refractivity contribution in [2.75, 3.05) is 0 Å². The lowest BCUT2D eigenvalue weighted by atomic mass is 9.99. The zero-order valence-electron chi connectivity index (χ0n) is 11.4. The summed E-state index contributed by atoms with van der Waals surface area (Å²) in [4.78, 5) is 0. The summed E-state index contributed by atoms with van der Waals surface area (Å²) >= 11 is 0. The fourth-order valence-corrected chi connectivity index (χ4v) is 2.33. The maximum Gasteiger partial charge on any atom is 0.120 e. The van der Waals surface area contributed by atoms with Crippen LogP contribution < -0.4 is 5.32 Å². The highest BCUT2D eigenvalue weighted by Gasteiger charge is 2.15. The molecule has 2 unspecified atom stereocenters. The number of hydrogen-bond donors (Lipinski definition) is 2. The molecule has 2 N–H and O–H groups in total. The Kier molecular flexibility index (Phi) is 5.49. The lowest BCUT2D eigenvalue weighted by Crippen LogP contribution is -2.31. The van der Waals surface area contributed by atoms with E-state index in [-0.39, 0.29) is 6.04 Å². The predicted octanol–water partition coefficient (Wildman–Crippen LogP) is 3.87. The van der Waals surface area contributed by atoms with Gasteiger partial charge in [-0.1, -0.05) is 39.0 Å². The van der Waals surface area contributed by atoms with E-state index >= 15 is 0 Å². The van der Waals surface area contributed by atoms with Crippen molar-refractivity contribution in [2.45, 2.75) is 52.6 Å². The first-order chi connectivity index (χ1) is 8.04. The number of nitrogens with one attached hydrogen (secondary N) is 1. The van der Waals surface area contributed by atoms with E-state index < -0.39 is 0 Å². The molecule has 2 atom stereocenters. The van der Waals surface area contributed by atoms with Gasteiger partial charge in [0, 0.05) is 17.6 Å². The molecule has 96 valence electrons. The Bertz CT molecular complexity index is 335. The van der Waals surface area contributed by atoms with E-state index in [1.54, 1.807) is 6.07 Å². The highest BCUT2D eigenvalue weighted by Crippen LogP contribution is 2.26. The van der Waals surface area contributed by atoms with Crippen LogP contribution in [0.1, 0.15) is 52.1 Å². The van der Waals surface area contributed by atoms with Gasteiger partial charge in [-0.05, 0) is 31.7 Å². The van der Waals surface area contributed by atoms with Gasteiger partial charge in [0.25, 0.3) is 0 Å². The summed E-state index contributed by atoms with van der Waals surface area (Å²) in [5.41, 5.74) is 1.01. The molecule has 2 heteroatoms. The van der Waals surface area contributed by atoms with Gasteiger partial charge in [-0.3, -0.25) is 0 Å². The molecule has 2 nitrogen and oxygen atoms in total. The van der Waals surface area contributed by atoms with Crippen molar-refractivity contribution < 1.29 is 5.11 Å². The van der Waals surface area contributed by atoms with Crippen LogP contribution in [0.3, 0.4) is 0 Å². The third-order valence-corrected chi connectivity index (χ3v) is 3.03. The number of benzene rings is 1. The third-order valence-electron chi connectivity index (χ3n) is 3.03. The summed E-state index contributed by atoms with van der Waals surface area (Å²) in [6.07, 6.45) is 2.14. The van der Waals surface area contributed by atoms with Gasteiger partial charge in [0.05, 0.1) is 0 Å². The molecule has 0 aliphatic heterocycles. The van der Waals surface area contributed by atoms with Crippen LogP contribution in [0, 0.1) is 5.92 Å². The smallest absolute Gasteiger partial charge is 0.120 e. The molecule has 0 aliphatic rings. The highest BCUT2D eigenvalue weighted by atomic mass is 16.3. The van der Waals surface area contributed by atoms with Gasteiger partial charge in [-0.2, -0.15) is 0 Å². The molecule has 0 amide bonds. The number of hydrogen-bond acceptors (Lipinski definition) is 2. The Morgan fingerprint density at radius 3 is 2.35 bits per heavy atom. The lowest BCUT2D eigenvalue weighted by Gasteiger charge is -2.24. The molecule has 0 saturated carbocycles. The lowest BCUT2D eigenvalue weighted by molar-refractivity contribution is 0.377. The molecule has 0 aliphatic carbocycles. The van der Waals surface area contributed by atoms with Crippen LogP contribution in [0.2, 0.25) is 0 Å². The van der Waals surface area contributed by atoms with Crippen LogP contribution >= 0.6 is 0 Å². The van der Waals surface area contributed by atoms with Crippen LogP contribution in [0.5, 0.6) is 5.75 Å². The molecule has 0 spiro atoms. The molecule has 1 aromatic rings. The molecule has 1 rings (SSSR count). The fourth-order valence-electron chi connectivity index (χ4n) is 2.33. The number of aromatic hydroxyl groups is 1. The Morgan fingerprint density at radius 2 is 1.82 bits per heavy atom. The summed E-state index contributed by atoms with van der Waals surface area (Å²) in [5, 5.41) is 13.5. The zero-order valence-corrected chi connectivity index (χ0v) is 11.4. The van der Waals surface area contributed by atoms with Gasteiger partial charge in [-0.15, -0.1) is 0 Å². The van der Waals surface area contributed by atoms with Crippen LogP contribution in [0.15, 0.2) is 24.3 Å². The second kappa shape index (κ2) is 6.65. The molecule has 17 heavy (non-hydrogen) atoms. The van der Waals surface area contributed by atoms with Crippen molar-refractivity contribution >= 4 is 0 Å². The predicted molar refractivity (Wildman–Crippen MR) is 73.2 cm³/mol. The summed E-state index contributed by atoms with van der Waals surface area (Å²) in [6, 6.07) is 8.31. The summed E-state index contributed by atoms with van der Waals surface area (Å²) in [5.74, 6) is 1.09. The molecule has 0 bridgehead atoms. The van der Waals surface area contributed by atoms with Crippen molar-refractivity contribution in [3.63, 3.8) is 0 Å². The van der Waals surface area contributed by atoms with Crippen LogP contribution in [0.25, 0.3) is 0 Å². The van der Waals surface area contributed by atoms with E-state index in [1.807, 2.05) is 18.2 Å². The average Bonchev–Trinajstić information content (AvgIpc) is 2.26. The second-order valence-electron chi connectivity index (χ2n) is 5.22. The Labute approximate surface area is 105 Å². The monoisotopic (exact) mass is 235 g/mol. The minimum Gasteiger partial charge on any atom is -0.508 e. The van der Waals surface area contributed by atoms with Crippen molar-refractivity contribution in [3.05, 3.63) is 29.8 Å². The maximum absolute atomic E-state index is 9.87. The number of para-hydroxylation sites is 1. The number of rotatable bonds is 6. The molecule has 0 heterocycles. The summed E-state index contributed by atoms with van der Waals surface area (Å²) < 4.78 is 0. The molecular weight excluding hydrogens is 210 g/mol. The quantitative estimate of drug-likeness (QED) is 0.784. The largest absolute Gasteiger partial charge is 0.508 e. The Balaban J connectivity index is 2.69. The van der Waals surface area contributed by atoms with E-state index in [1.165, 1.54) is 0 Å². The maximum atomic E-state index is 9.87. The Hall–Kier alpha value is -1.02. The van der Waals surface area contributed by atoms with Crippen molar-refractivity contribution in [3.8, 4) is 5.75 Å². The minimum atomic E-state index is 0.241. The van der Waals surface area contributed by atoms with Gasteiger partial charge in [0.1, 0.15) is 5.75 Å². The first kappa shape index (κ1) is 14.0. The molecule has 0 saturated heterocycles. The van der Waals surface area contributed by atoms with Crippen LogP contribution in [0.4, 0.5) is 0 Å². The standard InChI is InChI=1S/C15H25NO/c1-5-14(16-12(4)10-11(2)3)13-8-6-7-9-15(13)17/h6-9,11-12,14,16-17H,5,10H2,1-4H3. The molecular formula is C15H25NO. The molecule has 0 aromatic heterocycles. The zero-order chi connectivity index (χ0) is 12.8. The van der Waals surface area contributed by atoms with Gasteiger partial charge in [0.2, 0.25) is 0 Å². The van der Waals surface area contributed by atoms with E-state index in [4.69, 9.17) is 0 Å². The summed E-state index contributed by atoms with van der Waals surface area (Å²) in [6.45, 7) is 8.83. The fraction of sp³-hybridized carbons (Fsp3) is 0.600. The van der Waals surface area contributed by atoms with Gasteiger partial charge in [-0.25, -0.2) is 0 Å². The van der Waals surface area contributed by atoms with E-state index in [2.05, 4.69) is 33.0 Å². The molecule has 0 fully saturated rings. The third kappa shape index (κ3) is 4.39. The van der Waals surface area contributed by atoms with Crippen molar-refractivity contribution in [1.29, 1.82) is 0 Å². The first-order valence-electron chi connectivity index (χ1n) is 6.58. The second-order valence-corrected chi connectivity index (χ2v) is 5.22. The normalized spacial score (nSPS) is 14.9. The van der Waals surface area contributed by atoms with Crippen LogP contribution in [-0.4, -0.2) is 11.1 Å². The average molecular weight is 235 g/mol. The van der Waals surface area contributed by atoms with Gasteiger partial charge < -0.3 is 10.4 Å². The first-order valence-corrected chi connectivity index (χ1v) is 6.58. The topological polar surface area (TPSA) is 32.3 Å². The van der Waals surface area contributed by atoms with Crippen LogP contribution in [-0.2, 0) is 0 Å². The highest BCUT2D eigenvalue weighted by molar-refractivity contribution is 5.34. The molecule has 1 aromatic carbocycles.